The Bertz CT molecular complexity index is 967. The number of carbonyl (C=O) groups excluding carboxylic acids is 1. The summed E-state index contributed by atoms with van der Waals surface area (Å²) in [5.74, 6) is -0.161. The Morgan fingerprint density at radius 3 is 2.86 bits per heavy atom. The van der Waals surface area contributed by atoms with Gasteiger partial charge < -0.3 is 10.6 Å². The molecule has 2 N–H and O–H groups in total. The van der Waals surface area contributed by atoms with Crippen molar-refractivity contribution in [3.63, 3.8) is 0 Å². The second-order valence-electron chi connectivity index (χ2n) is 7.33. The molecule has 1 aliphatic heterocycles. The van der Waals surface area contributed by atoms with Gasteiger partial charge in [-0.25, -0.2) is 4.68 Å². The first kappa shape index (κ1) is 18.4. The summed E-state index contributed by atoms with van der Waals surface area (Å²) in [6, 6.07) is 12.1. The maximum Gasteiger partial charge on any atom is 0.272 e. The van der Waals surface area contributed by atoms with E-state index in [9.17, 15) is 4.79 Å². The van der Waals surface area contributed by atoms with E-state index in [2.05, 4.69) is 20.8 Å². The van der Waals surface area contributed by atoms with Gasteiger partial charge in [0.1, 0.15) is 5.69 Å². The van der Waals surface area contributed by atoms with Crippen molar-refractivity contribution in [2.75, 3.05) is 13.1 Å². The molecule has 1 fully saturated rings. The zero-order valence-corrected chi connectivity index (χ0v) is 16.4. The first-order valence-electron chi connectivity index (χ1n) is 9.77. The van der Waals surface area contributed by atoms with Crippen LogP contribution in [0.5, 0.6) is 0 Å². The Hall–Kier alpha value is -2.93. The smallest absolute Gasteiger partial charge is 0.272 e. The molecular formula is C21H26N6O. The van der Waals surface area contributed by atoms with Crippen LogP contribution in [0.4, 0.5) is 0 Å². The molecule has 1 unspecified atom stereocenters. The maximum atomic E-state index is 12.6. The summed E-state index contributed by atoms with van der Waals surface area (Å²) in [5.41, 5.74) is 4.48. The van der Waals surface area contributed by atoms with Crippen molar-refractivity contribution in [1.29, 1.82) is 0 Å². The van der Waals surface area contributed by atoms with Gasteiger partial charge in [0.05, 0.1) is 17.4 Å². The number of aromatic nitrogens is 4. The van der Waals surface area contributed by atoms with Crippen molar-refractivity contribution in [2.24, 2.45) is 0 Å². The molecule has 1 saturated heterocycles. The highest BCUT2D eigenvalue weighted by Crippen LogP contribution is 2.18. The van der Waals surface area contributed by atoms with Crippen LogP contribution in [0, 0.1) is 13.8 Å². The second-order valence-corrected chi connectivity index (χ2v) is 7.33. The largest absolute Gasteiger partial charge is 0.346 e. The summed E-state index contributed by atoms with van der Waals surface area (Å²) < 4.78 is 3.83. The lowest BCUT2D eigenvalue weighted by Crippen LogP contribution is -2.32. The van der Waals surface area contributed by atoms with Gasteiger partial charge in [0.25, 0.3) is 5.91 Å². The first-order chi connectivity index (χ1) is 13.6. The summed E-state index contributed by atoms with van der Waals surface area (Å²) in [6.45, 7) is 6.39. The van der Waals surface area contributed by atoms with Crippen LogP contribution in [0.2, 0.25) is 0 Å². The number of nitrogens with one attached hydrogen (secondary N) is 2. The third-order valence-electron chi connectivity index (χ3n) is 5.15. The van der Waals surface area contributed by atoms with Crippen molar-refractivity contribution < 1.29 is 4.79 Å². The van der Waals surface area contributed by atoms with Gasteiger partial charge in [-0.3, -0.25) is 9.48 Å². The van der Waals surface area contributed by atoms with Gasteiger partial charge in [0.15, 0.2) is 0 Å². The van der Waals surface area contributed by atoms with Gasteiger partial charge in [-0.1, -0.05) is 18.2 Å². The quantitative estimate of drug-likeness (QED) is 0.715. The van der Waals surface area contributed by atoms with Gasteiger partial charge >= 0.3 is 0 Å². The number of para-hydroxylation sites is 1. The number of nitrogens with zero attached hydrogens (tertiary/aromatic N) is 4. The second kappa shape index (κ2) is 7.98. The zero-order chi connectivity index (χ0) is 19.5. The van der Waals surface area contributed by atoms with Crippen molar-refractivity contribution in [3.8, 4) is 5.69 Å². The molecule has 1 aromatic carbocycles. The number of aryl methyl sites for hydroxylation is 2. The van der Waals surface area contributed by atoms with Crippen molar-refractivity contribution in [3.05, 3.63) is 65.2 Å². The summed E-state index contributed by atoms with van der Waals surface area (Å²) in [7, 11) is 0. The monoisotopic (exact) mass is 378 g/mol. The fourth-order valence-corrected chi connectivity index (χ4v) is 3.73. The number of benzene rings is 1. The molecule has 0 bridgehead atoms. The molecule has 0 radical (unpaired) electrons. The summed E-state index contributed by atoms with van der Waals surface area (Å²) >= 11 is 0. The van der Waals surface area contributed by atoms with E-state index in [1.807, 2.05) is 59.7 Å². The van der Waals surface area contributed by atoms with Crippen LogP contribution < -0.4 is 10.6 Å². The number of amides is 1. The fraction of sp³-hybridized carbons (Fsp3) is 0.381. The van der Waals surface area contributed by atoms with E-state index in [4.69, 9.17) is 0 Å². The molecule has 0 aliphatic carbocycles. The molecule has 146 valence electrons. The van der Waals surface area contributed by atoms with Crippen LogP contribution in [0.25, 0.3) is 5.69 Å². The molecule has 0 saturated carbocycles. The van der Waals surface area contributed by atoms with E-state index < -0.39 is 0 Å². The molecule has 7 nitrogen and oxygen atoms in total. The van der Waals surface area contributed by atoms with Crippen LogP contribution in [0.1, 0.15) is 46.3 Å². The van der Waals surface area contributed by atoms with E-state index >= 15 is 0 Å². The standard InChI is InChI=1S/C21H26N6O/c1-15-12-16(2)27(24-15)20-8-4-3-6-17(20)13-23-21(28)19-9-11-26(25-19)18-7-5-10-22-14-18/h3-4,6,8-9,11-12,18,22H,5,7,10,13-14H2,1-2H3,(H,23,28). The van der Waals surface area contributed by atoms with Gasteiger partial charge in [-0.15, -0.1) is 0 Å². The average molecular weight is 378 g/mol. The number of hydrogen-bond acceptors (Lipinski definition) is 4. The summed E-state index contributed by atoms with van der Waals surface area (Å²) in [6.07, 6.45) is 4.12. The van der Waals surface area contributed by atoms with E-state index in [1.54, 1.807) is 6.07 Å². The Morgan fingerprint density at radius 1 is 1.25 bits per heavy atom. The molecule has 1 atom stereocenters. The van der Waals surface area contributed by atoms with E-state index in [0.717, 1.165) is 48.6 Å². The van der Waals surface area contributed by atoms with Crippen molar-refractivity contribution in [1.82, 2.24) is 30.2 Å². The molecule has 3 aromatic rings. The van der Waals surface area contributed by atoms with Crippen LogP contribution in [-0.2, 0) is 6.54 Å². The maximum absolute atomic E-state index is 12.6. The first-order valence-corrected chi connectivity index (χ1v) is 9.77. The molecule has 0 spiro atoms. The highest BCUT2D eigenvalue weighted by Gasteiger charge is 2.18. The lowest BCUT2D eigenvalue weighted by Gasteiger charge is -2.22. The lowest BCUT2D eigenvalue weighted by molar-refractivity contribution is 0.0944. The minimum Gasteiger partial charge on any atom is -0.346 e. The molecule has 28 heavy (non-hydrogen) atoms. The number of carbonyl (C=O) groups is 1. The Labute approximate surface area is 164 Å². The zero-order valence-electron chi connectivity index (χ0n) is 16.4. The Kier molecular flexibility index (Phi) is 5.25. The van der Waals surface area contributed by atoms with Crippen molar-refractivity contribution >= 4 is 5.91 Å². The van der Waals surface area contributed by atoms with E-state index in [0.29, 0.717) is 18.3 Å². The van der Waals surface area contributed by atoms with Gasteiger partial charge in [-0.05, 0) is 57.0 Å². The minimum atomic E-state index is -0.161. The van der Waals surface area contributed by atoms with Crippen LogP contribution in [-0.4, -0.2) is 38.6 Å². The van der Waals surface area contributed by atoms with Gasteiger partial charge in [0.2, 0.25) is 0 Å². The molecular weight excluding hydrogens is 352 g/mol. The SMILES string of the molecule is Cc1cc(C)n(-c2ccccc2CNC(=O)c2ccn(C3CCCNC3)n2)n1. The van der Waals surface area contributed by atoms with Gasteiger partial charge in [-0.2, -0.15) is 10.2 Å². The third kappa shape index (κ3) is 3.84. The number of rotatable bonds is 5. The predicted octanol–water partition coefficient (Wildman–Crippen LogP) is 2.54. The molecule has 2 aromatic heterocycles. The normalized spacial score (nSPS) is 16.9. The number of piperidine rings is 1. The molecule has 3 heterocycles. The molecule has 4 rings (SSSR count). The average Bonchev–Trinajstić information content (AvgIpc) is 3.33. The number of hydrogen-bond donors (Lipinski definition) is 2. The van der Waals surface area contributed by atoms with Crippen LogP contribution in [0.15, 0.2) is 42.6 Å². The predicted molar refractivity (Wildman–Crippen MR) is 108 cm³/mol. The lowest BCUT2D eigenvalue weighted by atomic mass is 10.1. The molecule has 1 aliphatic rings. The fourth-order valence-electron chi connectivity index (χ4n) is 3.73. The van der Waals surface area contributed by atoms with Crippen LogP contribution >= 0.6 is 0 Å². The highest BCUT2D eigenvalue weighted by atomic mass is 16.1. The summed E-state index contributed by atoms with van der Waals surface area (Å²) in [5, 5.41) is 15.4. The topological polar surface area (TPSA) is 76.8 Å². The highest BCUT2D eigenvalue weighted by molar-refractivity contribution is 5.92. The molecule has 7 heteroatoms. The van der Waals surface area contributed by atoms with E-state index in [1.165, 1.54) is 0 Å². The van der Waals surface area contributed by atoms with Gasteiger partial charge in [0, 0.05) is 25.0 Å². The van der Waals surface area contributed by atoms with E-state index in [-0.39, 0.29) is 5.91 Å². The van der Waals surface area contributed by atoms with Crippen molar-refractivity contribution in [2.45, 2.75) is 39.3 Å². The van der Waals surface area contributed by atoms with Crippen LogP contribution in [0.3, 0.4) is 0 Å². The summed E-state index contributed by atoms with van der Waals surface area (Å²) in [4.78, 5) is 12.6. The minimum absolute atomic E-state index is 0.161. The Balaban J connectivity index is 1.46. The molecule has 1 amide bonds. The Morgan fingerprint density at radius 2 is 2.11 bits per heavy atom. The third-order valence-corrected chi connectivity index (χ3v) is 5.15.